The van der Waals surface area contributed by atoms with E-state index >= 15 is 0 Å². The summed E-state index contributed by atoms with van der Waals surface area (Å²) < 4.78 is 11.5. The normalized spacial score (nSPS) is 23.3. The summed E-state index contributed by atoms with van der Waals surface area (Å²) >= 11 is 1.57. The predicted molar refractivity (Wildman–Crippen MR) is 156 cm³/mol. The number of nitrogens with zero attached hydrogens (tertiary/aromatic N) is 2. The van der Waals surface area contributed by atoms with Crippen molar-refractivity contribution in [3.63, 3.8) is 0 Å². The molecule has 0 unspecified atom stereocenters. The third-order valence-electron chi connectivity index (χ3n) is 8.46. The second-order valence-electron chi connectivity index (χ2n) is 11.1. The molecule has 0 saturated heterocycles. The highest BCUT2D eigenvalue weighted by Crippen LogP contribution is 2.39. The fraction of sp³-hybridized carbons (Fsp3) is 0.500. The van der Waals surface area contributed by atoms with Gasteiger partial charge in [0, 0.05) is 35.8 Å². The first-order valence-electron chi connectivity index (χ1n) is 14.3. The molecule has 1 N–H and O–H groups in total. The average Bonchev–Trinajstić information content (AvgIpc) is 3.49. The number of anilines is 1. The number of thiazole rings is 1. The van der Waals surface area contributed by atoms with Gasteiger partial charge in [0.05, 0.1) is 13.2 Å². The number of aryl methyl sites for hydroxylation is 1. The summed E-state index contributed by atoms with van der Waals surface area (Å²) in [6.45, 7) is 3.25. The van der Waals surface area contributed by atoms with Crippen molar-refractivity contribution in [1.82, 2.24) is 4.98 Å². The van der Waals surface area contributed by atoms with Crippen LogP contribution in [0.1, 0.15) is 73.4 Å². The molecule has 1 amide bonds. The zero-order valence-corrected chi connectivity index (χ0v) is 23.9. The van der Waals surface area contributed by atoms with Crippen molar-refractivity contribution in [3.05, 3.63) is 70.2 Å². The zero-order valence-electron chi connectivity index (χ0n) is 23.1. The Bertz CT molecular complexity index is 1210. The molecule has 0 atom stereocenters. The minimum absolute atomic E-state index is 0.0353. The molecule has 39 heavy (non-hydrogen) atoms. The number of carbonyl (C=O) groups excluding carboxylic acids is 1. The van der Waals surface area contributed by atoms with Crippen LogP contribution in [0, 0.1) is 18.8 Å². The summed E-state index contributed by atoms with van der Waals surface area (Å²) in [5.74, 6) is 2.85. The van der Waals surface area contributed by atoms with Crippen LogP contribution >= 0.6 is 11.3 Å². The van der Waals surface area contributed by atoms with Gasteiger partial charge in [-0.1, -0.05) is 18.2 Å². The average molecular weight is 549 g/mol. The minimum Gasteiger partial charge on any atom is -0.496 e. The van der Waals surface area contributed by atoms with E-state index in [4.69, 9.17) is 9.47 Å². The van der Waals surface area contributed by atoms with Crippen LogP contribution in [0.25, 0.3) is 0 Å². The predicted octanol–water partition coefficient (Wildman–Crippen LogP) is 6.90. The number of benzene rings is 2. The molecule has 2 saturated carbocycles. The molecule has 208 valence electrons. The van der Waals surface area contributed by atoms with Crippen LogP contribution in [0.4, 0.5) is 5.69 Å². The number of aliphatic hydroxyl groups is 1. The Kier molecular flexibility index (Phi) is 9.20. The molecule has 3 aromatic rings. The topological polar surface area (TPSA) is 71.9 Å². The number of rotatable bonds is 9. The lowest BCUT2D eigenvalue weighted by Crippen LogP contribution is -2.41. The largest absolute Gasteiger partial charge is 0.496 e. The van der Waals surface area contributed by atoms with E-state index in [0.29, 0.717) is 31.3 Å². The fourth-order valence-corrected chi connectivity index (χ4v) is 6.70. The lowest BCUT2D eigenvalue weighted by Gasteiger charge is -2.36. The van der Waals surface area contributed by atoms with Crippen molar-refractivity contribution in [2.24, 2.45) is 11.8 Å². The molecule has 0 spiro atoms. The van der Waals surface area contributed by atoms with Crippen LogP contribution in [-0.2, 0) is 11.4 Å². The maximum atomic E-state index is 13.9. The van der Waals surface area contributed by atoms with Gasteiger partial charge < -0.3 is 19.5 Å². The van der Waals surface area contributed by atoms with Crippen molar-refractivity contribution in [1.29, 1.82) is 0 Å². The Hall–Kier alpha value is -2.90. The van der Waals surface area contributed by atoms with E-state index in [1.807, 2.05) is 34.5 Å². The van der Waals surface area contributed by atoms with Crippen LogP contribution in [0.3, 0.4) is 0 Å². The van der Waals surface area contributed by atoms with Gasteiger partial charge in [-0.05, 0) is 99.5 Å². The molecule has 2 aliphatic carbocycles. The SMILES string of the molecule is COc1ccc([C@H]2CC[C@H](CN(c3cccc(OCc4nccs4)c3)C(=O)[C@H]3CC[C@H](O)CC3)CC2)cc1C. The summed E-state index contributed by atoms with van der Waals surface area (Å²) in [5.41, 5.74) is 3.48. The van der Waals surface area contributed by atoms with Gasteiger partial charge >= 0.3 is 0 Å². The summed E-state index contributed by atoms with van der Waals surface area (Å²) in [4.78, 5) is 20.2. The van der Waals surface area contributed by atoms with Crippen LogP contribution < -0.4 is 14.4 Å². The highest BCUT2D eigenvalue weighted by atomic mass is 32.1. The first kappa shape index (κ1) is 27.7. The van der Waals surface area contributed by atoms with Gasteiger partial charge in [-0.3, -0.25) is 4.79 Å². The Labute approximate surface area is 236 Å². The van der Waals surface area contributed by atoms with E-state index in [1.54, 1.807) is 24.6 Å². The Morgan fingerprint density at radius 2 is 1.85 bits per heavy atom. The van der Waals surface area contributed by atoms with Crippen LogP contribution in [0.5, 0.6) is 11.5 Å². The number of methoxy groups -OCH3 is 1. The Morgan fingerprint density at radius 3 is 2.54 bits per heavy atom. The maximum Gasteiger partial charge on any atom is 0.230 e. The highest BCUT2D eigenvalue weighted by molar-refractivity contribution is 7.09. The summed E-state index contributed by atoms with van der Waals surface area (Å²) in [5, 5.41) is 12.9. The lowest BCUT2D eigenvalue weighted by molar-refractivity contribution is -0.124. The molecule has 2 aromatic carbocycles. The maximum absolute atomic E-state index is 13.9. The standard InChI is InChI=1S/C32H40N2O4S/c1-22-18-26(12-15-30(22)37-2)24-8-6-23(7-9-24)20-34(32(36)25-10-13-28(35)14-11-25)27-4-3-5-29(19-27)38-21-31-33-16-17-39-31/h3-5,12,15-19,23-25,28,35H,6-11,13-14,20-21H2,1-2H3/t23-,24-,25-,28-. The molecule has 1 heterocycles. The molecule has 5 rings (SSSR count). The molecule has 2 fully saturated rings. The summed E-state index contributed by atoms with van der Waals surface area (Å²) in [6.07, 6.45) is 8.87. The molecule has 6 nitrogen and oxygen atoms in total. The third kappa shape index (κ3) is 7.00. The highest BCUT2D eigenvalue weighted by Gasteiger charge is 2.32. The lowest BCUT2D eigenvalue weighted by atomic mass is 9.78. The van der Waals surface area contributed by atoms with Gasteiger partial charge in [-0.15, -0.1) is 11.3 Å². The van der Waals surface area contributed by atoms with Crippen molar-refractivity contribution in [2.45, 2.75) is 76.9 Å². The minimum atomic E-state index is -0.276. The second kappa shape index (κ2) is 13.0. The van der Waals surface area contributed by atoms with Gasteiger partial charge in [0.1, 0.15) is 23.1 Å². The fourth-order valence-electron chi connectivity index (χ4n) is 6.17. The first-order chi connectivity index (χ1) is 19.0. The van der Waals surface area contributed by atoms with Crippen molar-refractivity contribution < 1.29 is 19.4 Å². The van der Waals surface area contributed by atoms with E-state index < -0.39 is 0 Å². The van der Waals surface area contributed by atoms with Crippen molar-refractivity contribution >= 4 is 22.9 Å². The molecular formula is C32H40N2O4S. The number of carbonyl (C=O) groups is 1. The van der Waals surface area contributed by atoms with Crippen LogP contribution in [0.2, 0.25) is 0 Å². The van der Waals surface area contributed by atoms with Crippen LogP contribution in [0.15, 0.2) is 54.0 Å². The van der Waals surface area contributed by atoms with E-state index in [-0.39, 0.29) is 17.9 Å². The second-order valence-corrected chi connectivity index (χ2v) is 12.1. The Morgan fingerprint density at radius 1 is 1.05 bits per heavy atom. The van der Waals surface area contributed by atoms with Gasteiger partial charge in [0.2, 0.25) is 5.91 Å². The number of aromatic nitrogens is 1. The molecule has 0 bridgehead atoms. The van der Waals surface area contributed by atoms with E-state index in [2.05, 4.69) is 30.1 Å². The monoisotopic (exact) mass is 548 g/mol. The van der Waals surface area contributed by atoms with Crippen molar-refractivity contribution in [2.75, 3.05) is 18.6 Å². The van der Waals surface area contributed by atoms with Gasteiger partial charge in [0.15, 0.2) is 0 Å². The smallest absolute Gasteiger partial charge is 0.230 e. The van der Waals surface area contributed by atoms with Crippen LogP contribution in [-0.4, -0.2) is 35.8 Å². The molecule has 0 radical (unpaired) electrons. The van der Waals surface area contributed by atoms with Gasteiger partial charge in [0.25, 0.3) is 0 Å². The number of hydrogen-bond donors (Lipinski definition) is 1. The summed E-state index contributed by atoms with van der Waals surface area (Å²) in [6, 6.07) is 14.5. The zero-order chi connectivity index (χ0) is 27.2. The number of ether oxygens (including phenoxy) is 2. The molecule has 7 heteroatoms. The van der Waals surface area contributed by atoms with E-state index in [1.165, 1.54) is 11.1 Å². The number of hydrogen-bond acceptors (Lipinski definition) is 6. The quantitative estimate of drug-likeness (QED) is 0.315. The molecular weight excluding hydrogens is 508 g/mol. The van der Waals surface area contributed by atoms with Gasteiger partial charge in [-0.2, -0.15) is 0 Å². The molecule has 1 aromatic heterocycles. The molecule has 2 aliphatic rings. The third-order valence-corrected chi connectivity index (χ3v) is 9.22. The van der Waals surface area contributed by atoms with E-state index in [9.17, 15) is 9.90 Å². The Balaban J connectivity index is 1.28. The number of amides is 1. The first-order valence-corrected chi connectivity index (χ1v) is 15.1. The summed E-state index contributed by atoms with van der Waals surface area (Å²) in [7, 11) is 1.72. The molecule has 0 aliphatic heterocycles. The number of aliphatic hydroxyl groups excluding tert-OH is 1. The van der Waals surface area contributed by atoms with E-state index in [0.717, 1.165) is 67.3 Å². The van der Waals surface area contributed by atoms with Gasteiger partial charge in [-0.25, -0.2) is 4.98 Å². The van der Waals surface area contributed by atoms with Crippen molar-refractivity contribution in [3.8, 4) is 11.5 Å².